The van der Waals surface area contributed by atoms with Gasteiger partial charge >= 0.3 is 0 Å². The van der Waals surface area contributed by atoms with Crippen molar-refractivity contribution < 1.29 is 12.9 Å². The minimum atomic E-state index is -3.75. The molecule has 4 nitrogen and oxygen atoms in total. The zero-order chi connectivity index (χ0) is 13.2. The van der Waals surface area contributed by atoms with Crippen LogP contribution in [0.25, 0.3) is 0 Å². The predicted octanol–water partition coefficient (Wildman–Crippen LogP) is 2.36. The number of hydrogen-bond donors (Lipinski definition) is 1. The Kier molecular flexibility index (Phi) is 3.31. The molecule has 0 spiro atoms. The van der Waals surface area contributed by atoms with Crippen LogP contribution in [0.2, 0.25) is 0 Å². The number of halogens is 1. The minimum absolute atomic E-state index is 0.0484. The van der Waals surface area contributed by atoms with Crippen molar-refractivity contribution >= 4 is 21.4 Å². The van der Waals surface area contributed by atoms with Crippen LogP contribution < -0.4 is 10.3 Å². The number of rotatable bonds is 3. The summed E-state index contributed by atoms with van der Waals surface area (Å²) in [5, 5.41) is 5.42. The van der Waals surface area contributed by atoms with Gasteiger partial charge in [-0.3, -0.25) is 0 Å². The molecule has 0 fully saturated rings. The second-order valence-corrected chi connectivity index (χ2v) is 5.22. The van der Waals surface area contributed by atoms with Crippen LogP contribution in [0.4, 0.5) is 15.9 Å². The first-order chi connectivity index (χ1) is 8.48. The van der Waals surface area contributed by atoms with Crippen LogP contribution in [0, 0.1) is 0 Å². The van der Waals surface area contributed by atoms with E-state index < -0.39 is 10.0 Å². The van der Waals surface area contributed by atoms with Gasteiger partial charge in [0.15, 0.2) is 0 Å². The van der Waals surface area contributed by atoms with E-state index in [1.165, 1.54) is 24.3 Å². The van der Waals surface area contributed by atoms with Crippen LogP contribution in [0.5, 0.6) is 0 Å². The van der Waals surface area contributed by atoms with E-state index in [2.05, 4.69) is 0 Å². The van der Waals surface area contributed by atoms with Gasteiger partial charge < -0.3 is 0 Å². The monoisotopic (exact) mass is 266 g/mol. The normalized spacial score (nSPS) is 11.2. The molecule has 18 heavy (non-hydrogen) atoms. The van der Waals surface area contributed by atoms with Crippen LogP contribution in [-0.2, 0) is 10.0 Å². The Hall–Kier alpha value is -1.92. The fourth-order valence-electron chi connectivity index (χ4n) is 1.47. The summed E-state index contributed by atoms with van der Waals surface area (Å²) in [5.41, 5.74) is 0.592. The summed E-state index contributed by atoms with van der Waals surface area (Å²) >= 11 is 0. The molecule has 0 aliphatic carbocycles. The van der Waals surface area contributed by atoms with E-state index in [0.717, 1.165) is 0 Å². The van der Waals surface area contributed by atoms with Gasteiger partial charge in [-0.2, -0.15) is 5.12 Å². The zero-order valence-corrected chi connectivity index (χ0v) is 10.1. The lowest BCUT2D eigenvalue weighted by Crippen LogP contribution is -2.12. The van der Waals surface area contributed by atoms with E-state index >= 15 is 0 Å². The molecule has 0 aliphatic rings. The van der Waals surface area contributed by atoms with E-state index in [1.807, 2.05) is 0 Å². The molecule has 0 saturated carbocycles. The second kappa shape index (κ2) is 4.75. The van der Waals surface area contributed by atoms with Gasteiger partial charge in [0.2, 0.25) is 10.0 Å². The topological polar surface area (TPSA) is 63.4 Å². The van der Waals surface area contributed by atoms with Gasteiger partial charge in [0.05, 0.1) is 16.3 Å². The van der Waals surface area contributed by atoms with Gasteiger partial charge in [-0.15, -0.1) is 0 Å². The van der Waals surface area contributed by atoms with Gasteiger partial charge in [0, 0.05) is 0 Å². The largest absolute Gasteiger partial charge is 0.238 e. The highest BCUT2D eigenvalue weighted by molar-refractivity contribution is 7.89. The van der Waals surface area contributed by atoms with Crippen molar-refractivity contribution in [3.05, 3.63) is 54.6 Å². The number of para-hydroxylation sites is 1. The third-order valence-electron chi connectivity index (χ3n) is 2.37. The second-order valence-electron chi connectivity index (χ2n) is 3.66. The van der Waals surface area contributed by atoms with E-state index in [0.29, 0.717) is 10.8 Å². The molecule has 0 aromatic heterocycles. The molecular weight excluding hydrogens is 255 g/mol. The van der Waals surface area contributed by atoms with Gasteiger partial charge in [-0.1, -0.05) is 22.7 Å². The van der Waals surface area contributed by atoms with Crippen molar-refractivity contribution in [3.8, 4) is 0 Å². The van der Waals surface area contributed by atoms with Gasteiger partial charge in [0.25, 0.3) is 0 Å². The minimum Gasteiger partial charge on any atom is -0.225 e. The number of hydrogen-bond acceptors (Lipinski definition) is 3. The summed E-state index contributed by atoms with van der Waals surface area (Å²) in [5.74, 6) is 0. The lowest BCUT2D eigenvalue weighted by molar-refractivity contribution is 0.505. The molecule has 0 atom stereocenters. The highest BCUT2D eigenvalue weighted by Crippen LogP contribution is 2.26. The molecule has 0 aliphatic heterocycles. The Morgan fingerprint density at radius 1 is 0.889 bits per heavy atom. The van der Waals surface area contributed by atoms with E-state index in [1.54, 1.807) is 30.3 Å². The molecule has 2 aromatic rings. The van der Waals surface area contributed by atoms with Crippen molar-refractivity contribution in [1.29, 1.82) is 0 Å². The van der Waals surface area contributed by atoms with Crippen molar-refractivity contribution in [3.63, 3.8) is 0 Å². The maximum atomic E-state index is 13.9. The number of sulfonamides is 1. The molecule has 0 bridgehead atoms. The lowest BCUT2D eigenvalue weighted by Gasteiger charge is -2.13. The van der Waals surface area contributed by atoms with E-state index in [4.69, 9.17) is 5.14 Å². The van der Waals surface area contributed by atoms with Crippen LogP contribution in [0.15, 0.2) is 59.5 Å². The van der Waals surface area contributed by atoms with Crippen LogP contribution in [0.1, 0.15) is 0 Å². The van der Waals surface area contributed by atoms with Crippen LogP contribution in [0.3, 0.4) is 0 Å². The average Bonchev–Trinajstić information content (AvgIpc) is 2.38. The third-order valence-corrected chi connectivity index (χ3v) is 3.30. The Bertz CT molecular complexity index is 627. The quantitative estimate of drug-likeness (QED) is 0.867. The average molecular weight is 266 g/mol. The first kappa shape index (κ1) is 12.5. The molecule has 0 amide bonds. The molecular formula is C12H11FN2O2S. The summed E-state index contributed by atoms with van der Waals surface area (Å²) in [7, 11) is -3.75. The van der Waals surface area contributed by atoms with Crippen molar-refractivity contribution in [2.45, 2.75) is 4.90 Å². The molecule has 2 rings (SSSR count). The van der Waals surface area contributed by atoms with Crippen LogP contribution in [-0.4, -0.2) is 8.42 Å². The summed E-state index contributed by atoms with van der Waals surface area (Å²) in [6, 6.07) is 13.6. The number of anilines is 2. The molecule has 2 N–H and O–H groups in total. The fraction of sp³-hybridized carbons (Fsp3) is 0. The number of primary sulfonamides is 1. The maximum absolute atomic E-state index is 13.9. The predicted molar refractivity (Wildman–Crippen MR) is 67.5 cm³/mol. The fourth-order valence-corrected chi connectivity index (χ4v) is 1.99. The van der Waals surface area contributed by atoms with Gasteiger partial charge in [0.1, 0.15) is 0 Å². The maximum Gasteiger partial charge on any atom is 0.238 e. The van der Waals surface area contributed by atoms with Gasteiger partial charge in [-0.25, -0.2) is 13.6 Å². The SMILES string of the molecule is NS(=O)(=O)c1ccc(N(F)c2ccccc2)cc1. The molecule has 2 aromatic carbocycles. The van der Waals surface area contributed by atoms with Crippen LogP contribution >= 0.6 is 0 Å². The Balaban J connectivity index is 2.31. The third kappa shape index (κ3) is 2.66. The highest BCUT2D eigenvalue weighted by Gasteiger charge is 2.11. The lowest BCUT2D eigenvalue weighted by atomic mass is 10.2. The Labute approximate surface area is 104 Å². The number of benzene rings is 2. The highest BCUT2D eigenvalue weighted by atomic mass is 32.2. The van der Waals surface area contributed by atoms with Crippen molar-refractivity contribution in [2.75, 3.05) is 5.12 Å². The van der Waals surface area contributed by atoms with Crippen molar-refractivity contribution in [2.24, 2.45) is 5.14 Å². The zero-order valence-electron chi connectivity index (χ0n) is 9.32. The van der Waals surface area contributed by atoms with Gasteiger partial charge in [-0.05, 0) is 36.4 Å². The number of nitrogens with zero attached hydrogens (tertiary/aromatic N) is 1. The Morgan fingerprint density at radius 3 is 1.89 bits per heavy atom. The molecule has 0 saturated heterocycles. The van der Waals surface area contributed by atoms with E-state index in [9.17, 15) is 12.9 Å². The van der Waals surface area contributed by atoms with E-state index in [-0.39, 0.29) is 10.6 Å². The Morgan fingerprint density at radius 2 is 1.39 bits per heavy atom. The molecule has 6 heteroatoms. The molecule has 0 radical (unpaired) electrons. The smallest absolute Gasteiger partial charge is 0.225 e. The van der Waals surface area contributed by atoms with Crippen molar-refractivity contribution in [1.82, 2.24) is 0 Å². The summed E-state index contributed by atoms with van der Waals surface area (Å²) in [6.07, 6.45) is 0. The number of nitrogens with two attached hydrogens (primary N) is 1. The summed E-state index contributed by atoms with van der Waals surface area (Å²) in [4.78, 5) is -0.0484. The first-order valence-electron chi connectivity index (χ1n) is 5.12. The molecule has 94 valence electrons. The molecule has 0 heterocycles. The first-order valence-corrected chi connectivity index (χ1v) is 6.67. The molecule has 0 unspecified atom stereocenters. The standard InChI is InChI=1S/C12H11FN2O2S/c13-15(10-4-2-1-3-5-10)11-6-8-12(9-7-11)18(14,16)17/h1-9H,(H2,14,16,17). The summed E-state index contributed by atoms with van der Waals surface area (Å²) in [6.45, 7) is 0. The summed E-state index contributed by atoms with van der Waals surface area (Å²) < 4.78 is 36.1.